The first kappa shape index (κ1) is 24.9. The predicted molar refractivity (Wildman–Crippen MR) is 107 cm³/mol. The van der Waals surface area contributed by atoms with Gasteiger partial charge in [-0.2, -0.15) is 0 Å². The Morgan fingerprint density at radius 2 is 1.12 bits per heavy atom. The number of hydrogen-bond donors (Lipinski definition) is 2. The second kappa shape index (κ2) is 17.4. The number of rotatable bonds is 19. The molecule has 0 aliphatic heterocycles. The van der Waals surface area contributed by atoms with Crippen molar-refractivity contribution < 1.29 is 19.8 Å². The number of aliphatic carboxylic acids is 2. The van der Waals surface area contributed by atoms with Crippen LogP contribution < -0.4 is 0 Å². The summed E-state index contributed by atoms with van der Waals surface area (Å²) in [6, 6.07) is 0. The van der Waals surface area contributed by atoms with Crippen molar-refractivity contribution in [2.75, 3.05) is 0 Å². The molecule has 0 saturated heterocycles. The summed E-state index contributed by atoms with van der Waals surface area (Å²) in [6.45, 7) is 4.65. The summed E-state index contributed by atoms with van der Waals surface area (Å²) < 4.78 is 0. The van der Waals surface area contributed by atoms with Crippen molar-refractivity contribution in [2.45, 2.75) is 117 Å². The van der Waals surface area contributed by atoms with Gasteiger partial charge >= 0.3 is 11.9 Å². The lowest BCUT2D eigenvalue weighted by molar-refractivity contribution is -0.148. The van der Waals surface area contributed by atoms with Gasteiger partial charge in [-0.15, -0.1) is 0 Å². The third-order valence-electron chi connectivity index (χ3n) is 5.32. The van der Waals surface area contributed by atoms with Crippen molar-refractivity contribution in [3.8, 4) is 0 Å². The third-order valence-corrected chi connectivity index (χ3v) is 5.32. The van der Waals surface area contributed by atoms with Crippen LogP contribution in [0, 0.1) is 11.8 Å². The first-order valence-electron chi connectivity index (χ1n) is 10.9. The Morgan fingerprint density at radius 3 is 1.54 bits per heavy atom. The highest BCUT2D eigenvalue weighted by Crippen LogP contribution is 2.19. The minimum atomic E-state index is -1.02. The zero-order valence-corrected chi connectivity index (χ0v) is 17.2. The molecule has 0 aliphatic carbocycles. The van der Waals surface area contributed by atoms with Gasteiger partial charge in [-0.05, 0) is 12.3 Å². The molecule has 0 aromatic carbocycles. The Balaban J connectivity index is 3.38. The van der Waals surface area contributed by atoms with Gasteiger partial charge in [0.1, 0.15) is 0 Å². The normalized spacial score (nSPS) is 13.5. The van der Waals surface area contributed by atoms with Gasteiger partial charge in [-0.3, -0.25) is 9.59 Å². The number of unbranched alkanes of at least 4 members (excludes halogenated alkanes) is 10. The molecule has 4 heteroatoms. The van der Waals surface area contributed by atoms with Crippen LogP contribution in [-0.2, 0) is 9.59 Å². The fourth-order valence-corrected chi connectivity index (χ4v) is 3.53. The second-order valence-corrected chi connectivity index (χ2v) is 7.99. The van der Waals surface area contributed by atoms with E-state index in [4.69, 9.17) is 10.2 Å². The molecule has 154 valence electrons. The lowest BCUT2D eigenvalue weighted by atomic mass is 9.96. The molecule has 0 radical (unpaired) electrons. The van der Waals surface area contributed by atoms with Crippen LogP contribution in [-0.4, -0.2) is 22.2 Å². The summed E-state index contributed by atoms with van der Waals surface area (Å²) >= 11 is 0. The van der Waals surface area contributed by atoms with Crippen molar-refractivity contribution in [1.82, 2.24) is 0 Å². The average molecular weight is 371 g/mol. The molecule has 4 nitrogen and oxygen atoms in total. The fraction of sp³-hybridized carbons (Fsp3) is 0.909. The van der Waals surface area contributed by atoms with Crippen LogP contribution in [0.2, 0.25) is 0 Å². The smallest absolute Gasteiger partial charge is 0.307 e. The Morgan fingerprint density at radius 1 is 0.692 bits per heavy atom. The molecule has 0 aromatic rings. The van der Waals surface area contributed by atoms with E-state index in [2.05, 4.69) is 13.8 Å². The SMILES string of the molecule is CCCCCC(C)CCCCCCCCCCCC(CC(=O)O)C(=O)O. The van der Waals surface area contributed by atoms with Crippen LogP contribution in [0.1, 0.15) is 117 Å². The van der Waals surface area contributed by atoms with Gasteiger partial charge < -0.3 is 10.2 Å². The van der Waals surface area contributed by atoms with E-state index in [9.17, 15) is 9.59 Å². The molecule has 2 N–H and O–H groups in total. The summed E-state index contributed by atoms with van der Waals surface area (Å²) in [5.74, 6) is -1.84. The molecule has 0 aliphatic rings. The van der Waals surface area contributed by atoms with Gasteiger partial charge in [-0.25, -0.2) is 0 Å². The summed E-state index contributed by atoms with van der Waals surface area (Å²) in [4.78, 5) is 21.6. The zero-order chi connectivity index (χ0) is 19.6. The lowest BCUT2D eigenvalue weighted by Crippen LogP contribution is -2.17. The van der Waals surface area contributed by atoms with E-state index in [0.717, 1.165) is 25.2 Å². The van der Waals surface area contributed by atoms with E-state index in [1.54, 1.807) is 0 Å². The minimum Gasteiger partial charge on any atom is -0.481 e. The predicted octanol–water partition coefficient (Wildman–Crippen LogP) is 6.67. The maximum Gasteiger partial charge on any atom is 0.307 e. The Labute approximate surface area is 160 Å². The summed E-state index contributed by atoms with van der Waals surface area (Å²) in [6.07, 6.45) is 17.9. The largest absolute Gasteiger partial charge is 0.481 e. The highest BCUT2D eigenvalue weighted by molar-refractivity contribution is 5.77. The van der Waals surface area contributed by atoms with Crippen LogP contribution in [0.15, 0.2) is 0 Å². The van der Waals surface area contributed by atoms with Gasteiger partial charge in [0.25, 0.3) is 0 Å². The molecular weight excluding hydrogens is 328 g/mol. The van der Waals surface area contributed by atoms with Gasteiger partial charge in [0.05, 0.1) is 12.3 Å². The van der Waals surface area contributed by atoms with Crippen LogP contribution in [0.5, 0.6) is 0 Å². The second-order valence-electron chi connectivity index (χ2n) is 7.99. The molecule has 2 unspecified atom stereocenters. The molecule has 0 aromatic heterocycles. The molecular formula is C22H42O4. The number of carboxylic acid groups (broad SMARTS) is 2. The first-order valence-corrected chi connectivity index (χ1v) is 10.9. The van der Waals surface area contributed by atoms with E-state index in [-0.39, 0.29) is 6.42 Å². The highest BCUT2D eigenvalue weighted by Gasteiger charge is 2.20. The zero-order valence-electron chi connectivity index (χ0n) is 17.2. The van der Waals surface area contributed by atoms with E-state index in [0.29, 0.717) is 6.42 Å². The monoisotopic (exact) mass is 370 g/mol. The van der Waals surface area contributed by atoms with Crippen LogP contribution in [0.3, 0.4) is 0 Å². The van der Waals surface area contributed by atoms with E-state index < -0.39 is 17.9 Å². The molecule has 0 spiro atoms. The van der Waals surface area contributed by atoms with Crippen molar-refractivity contribution in [3.05, 3.63) is 0 Å². The van der Waals surface area contributed by atoms with E-state index in [1.165, 1.54) is 70.6 Å². The fourth-order valence-electron chi connectivity index (χ4n) is 3.53. The number of hydrogen-bond acceptors (Lipinski definition) is 2. The molecule has 2 atom stereocenters. The minimum absolute atomic E-state index is 0.257. The molecule has 0 amide bonds. The summed E-state index contributed by atoms with van der Waals surface area (Å²) in [7, 11) is 0. The number of carboxylic acids is 2. The van der Waals surface area contributed by atoms with Crippen molar-refractivity contribution >= 4 is 11.9 Å². The topological polar surface area (TPSA) is 74.6 Å². The van der Waals surface area contributed by atoms with Crippen molar-refractivity contribution in [2.24, 2.45) is 11.8 Å². The Kier molecular flexibility index (Phi) is 16.7. The highest BCUT2D eigenvalue weighted by atomic mass is 16.4. The lowest BCUT2D eigenvalue weighted by Gasteiger charge is -2.10. The maximum atomic E-state index is 11.0. The Hall–Kier alpha value is -1.06. The molecule has 26 heavy (non-hydrogen) atoms. The molecule has 0 saturated carbocycles. The van der Waals surface area contributed by atoms with Crippen LogP contribution in [0.4, 0.5) is 0 Å². The molecule has 0 heterocycles. The standard InChI is InChI=1S/C22H42O4/c1-3-4-12-15-19(2)16-13-10-8-6-5-7-9-11-14-17-20(22(25)26)18-21(23)24/h19-20H,3-18H2,1-2H3,(H,23,24)(H,25,26). The van der Waals surface area contributed by atoms with Crippen LogP contribution >= 0.6 is 0 Å². The van der Waals surface area contributed by atoms with E-state index >= 15 is 0 Å². The molecule has 0 bridgehead atoms. The average Bonchev–Trinajstić information content (AvgIpc) is 2.58. The van der Waals surface area contributed by atoms with Gasteiger partial charge in [0.15, 0.2) is 0 Å². The maximum absolute atomic E-state index is 11.0. The Bertz CT molecular complexity index is 354. The van der Waals surface area contributed by atoms with Crippen LogP contribution in [0.25, 0.3) is 0 Å². The van der Waals surface area contributed by atoms with Crippen molar-refractivity contribution in [3.63, 3.8) is 0 Å². The van der Waals surface area contributed by atoms with Gasteiger partial charge in [0.2, 0.25) is 0 Å². The first-order chi connectivity index (χ1) is 12.5. The summed E-state index contributed by atoms with van der Waals surface area (Å²) in [5.41, 5.74) is 0. The number of carbonyl (C=O) groups is 2. The third kappa shape index (κ3) is 16.4. The van der Waals surface area contributed by atoms with Crippen molar-refractivity contribution in [1.29, 1.82) is 0 Å². The quantitative estimate of drug-likeness (QED) is 0.249. The van der Waals surface area contributed by atoms with Gasteiger partial charge in [0, 0.05) is 0 Å². The molecule has 0 fully saturated rings. The van der Waals surface area contributed by atoms with E-state index in [1.807, 2.05) is 0 Å². The summed E-state index contributed by atoms with van der Waals surface area (Å²) in [5, 5.41) is 17.7. The van der Waals surface area contributed by atoms with Gasteiger partial charge in [-0.1, -0.05) is 104 Å². The molecule has 0 rings (SSSR count).